The molecule has 7 rings (SSSR count). The van der Waals surface area contributed by atoms with Gasteiger partial charge < -0.3 is 14.2 Å². The SMILES string of the molecule is CC(C)CCc1ccccc1.CC(C)Cc1ccc(C(F)(F)F)cc1.CC(C)Cc1ccccc1F.CC(C)c1ccc(F)c(F)c1.CCOC(=O)c1ccccc1C(C)C.COc1cccc(OC)c1C(C)C.Cc1ccc(CC(C)C)cc1. The third kappa shape index (κ3) is 32.3. The largest absolute Gasteiger partial charge is 0.496 e. The average molecular weight is 1180 g/mol. The zero-order valence-corrected chi connectivity index (χ0v) is 54.3. The molecule has 0 amide bonds. The van der Waals surface area contributed by atoms with E-state index in [1.165, 1.54) is 48.1 Å². The molecule has 0 saturated heterocycles. The summed E-state index contributed by atoms with van der Waals surface area (Å²) in [5.41, 5.74) is 9.14. The van der Waals surface area contributed by atoms with Crippen LogP contribution < -0.4 is 9.47 Å². The standard InChI is InChI=1S/C12H16O2.C11H13F3.C11H16O2.2C11H16.C10H13F.C9H10F2/c1-4-14-12(13)11-8-6-5-7-10(11)9(2)3;1-8(2)7-9-3-5-10(6-4-9)11(12,13)14;1-8(2)11-9(12-3)6-5-7-10(11)13-4;1-9(2)8-11-6-4-10(3)5-7-11;1-10(2)8-9-11-6-4-3-5-7-11;1-8(2)7-9-5-3-4-6-10(9)11;1-6(2)7-3-4-8(10)9(11)5-7/h5-9H,4H2,1-3H3;3-6,8H,7H2,1-2H3;5-8H,1-4H3;4-7,9H,8H2,1-3H3;3-7,10H,8-9H2,1-2H3;3-6,8H,7H2,1-2H3;3-6H,1-2H3. The van der Waals surface area contributed by atoms with Gasteiger partial charge in [-0.2, -0.15) is 13.2 Å². The number of benzene rings is 7. The van der Waals surface area contributed by atoms with Crippen LogP contribution in [0.5, 0.6) is 11.5 Å². The fraction of sp³-hybridized carbons (Fsp3) is 0.427. The van der Waals surface area contributed by atoms with E-state index in [1.54, 1.807) is 38.5 Å². The second-order valence-electron chi connectivity index (χ2n) is 23.5. The van der Waals surface area contributed by atoms with Crippen molar-refractivity contribution in [3.05, 3.63) is 237 Å². The molecule has 0 N–H and O–H groups in total. The molecule has 0 unspecified atom stereocenters. The highest BCUT2D eigenvalue weighted by Gasteiger charge is 2.30. The van der Waals surface area contributed by atoms with Gasteiger partial charge in [0.15, 0.2) is 11.6 Å². The van der Waals surface area contributed by atoms with Gasteiger partial charge in [-0.05, 0) is 169 Å². The zero-order chi connectivity index (χ0) is 64.2. The Labute approximate surface area is 508 Å². The van der Waals surface area contributed by atoms with Crippen molar-refractivity contribution in [2.75, 3.05) is 20.8 Å². The van der Waals surface area contributed by atoms with Crippen LogP contribution in [0.1, 0.15) is 188 Å². The Kier molecular flexibility index (Phi) is 37.0. The summed E-state index contributed by atoms with van der Waals surface area (Å²) in [5, 5.41) is 0. The number of rotatable bonds is 16. The first-order valence-electron chi connectivity index (χ1n) is 29.9. The second kappa shape index (κ2) is 41.3. The van der Waals surface area contributed by atoms with Crippen molar-refractivity contribution in [1.82, 2.24) is 0 Å². The van der Waals surface area contributed by atoms with Gasteiger partial charge in [0.25, 0.3) is 0 Å². The molecule has 0 spiro atoms. The van der Waals surface area contributed by atoms with Crippen molar-refractivity contribution in [3.8, 4) is 11.5 Å². The van der Waals surface area contributed by atoms with Crippen molar-refractivity contribution in [2.24, 2.45) is 23.7 Å². The number of carbonyl (C=O) groups is 1. The molecule has 85 heavy (non-hydrogen) atoms. The first kappa shape index (κ1) is 76.2. The maximum absolute atomic E-state index is 12.9. The van der Waals surface area contributed by atoms with E-state index in [0.717, 1.165) is 82.2 Å². The van der Waals surface area contributed by atoms with E-state index in [4.69, 9.17) is 14.2 Å². The van der Waals surface area contributed by atoms with Gasteiger partial charge in [-0.25, -0.2) is 18.0 Å². The minimum Gasteiger partial charge on any atom is -0.496 e. The molecule has 10 heteroatoms. The highest BCUT2D eigenvalue weighted by atomic mass is 19.4. The third-order valence-electron chi connectivity index (χ3n) is 12.9. The Morgan fingerprint density at radius 2 is 0.965 bits per heavy atom. The maximum atomic E-state index is 12.9. The lowest BCUT2D eigenvalue weighted by atomic mass is 9.97. The topological polar surface area (TPSA) is 44.8 Å². The van der Waals surface area contributed by atoms with Gasteiger partial charge >= 0.3 is 12.1 Å². The molecule has 466 valence electrons. The zero-order valence-electron chi connectivity index (χ0n) is 54.3. The minimum absolute atomic E-state index is 0.0822. The van der Waals surface area contributed by atoms with Crippen LogP contribution in [0.4, 0.5) is 26.3 Å². The second-order valence-corrected chi connectivity index (χ2v) is 23.5. The lowest BCUT2D eigenvalue weighted by Crippen LogP contribution is -2.08. The van der Waals surface area contributed by atoms with Gasteiger partial charge in [0.05, 0.1) is 32.0 Å². The Morgan fingerprint density at radius 3 is 1.40 bits per heavy atom. The number of hydrogen-bond donors (Lipinski definition) is 0. The molecule has 0 aliphatic carbocycles. The number of alkyl halides is 3. The summed E-state index contributed by atoms with van der Waals surface area (Å²) < 4.78 is 90.0. The van der Waals surface area contributed by atoms with Crippen molar-refractivity contribution >= 4 is 5.97 Å². The molecule has 0 radical (unpaired) electrons. The van der Waals surface area contributed by atoms with Crippen molar-refractivity contribution in [2.45, 2.75) is 167 Å². The highest BCUT2D eigenvalue weighted by molar-refractivity contribution is 5.91. The van der Waals surface area contributed by atoms with Gasteiger partial charge in [0, 0.05) is 5.56 Å². The minimum atomic E-state index is -4.23. The van der Waals surface area contributed by atoms with E-state index >= 15 is 0 Å². The first-order valence-corrected chi connectivity index (χ1v) is 29.9. The number of hydrogen-bond acceptors (Lipinski definition) is 4. The van der Waals surface area contributed by atoms with Gasteiger partial charge in [0.1, 0.15) is 17.3 Å². The van der Waals surface area contributed by atoms with Crippen LogP contribution in [0, 0.1) is 48.0 Å². The molecular weight excluding hydrogens is 1080 g/mol. The molecule has 0 heterocycles. The van der Waals surface area contributed by atoms with Crippen LogP contribution in [0.15, 0.2) is 164 Å². The summed E-state index contributed by atoms with van der Waals surface area (Å²) in [6.07, 6.45) is 1.13. The maximum Gasteiger partial charge on any atom is 0.416 e. The molecular formula is C75H100F6O4. The number of carbonyl (C=O) groups excluding carboxylic acids is 1. The van der Waals surface area contributed by atoms with E-state index in [0.29, 0.717) is 35.8 Å². The fourth-order valence-corrected chi connectivity index (χ4v) is 8.42. The number of halogens is 6. The average Bonchev–Trinajstić information content (AvgIpc) is 3.60. The van der Waals surface area contributed by atoms with E-state index in [-0.39, 0.29) is 17.7 Å². The summed E-state index contributed by atoms with van der Waals surface area (Å²) in [6.45, 7) is 33.9. The molecule has 0 aromatic heterocycles. The quantitative estimate of drug-likeness (QED) is 0.0714. The Balaban J connectivity index is 0.000000497. The van der Waals surface area contributed by atoms with E-state index in [9.17, 15) is 31.1 Å². The van der Waals surface area contributed by atoms with Crippen molar-refractivity contribution in [3.63, 3.8) is 0 Å². The highest BCUT2D eigenvalue weighted by Crippen LogP contribution is 2.34. The third-order valence-corrected chi connectivity index (χ3v) is 12.9. The lowest BCUT2D eigenvalue weighted by molar-refractivity contribution is -0.137. The molecule has 0 aliphatic heterocycles. The van der Waals surface area contributed by atoms with Crippen LogP contribution in [-0.2, 0) is 36.6 Å². The Hall–Kier alpha value is -6.81. The summed E-state index contributed by atoms with van der Waals surface area (Å²) in [6, 6.07) is 49.2. The molecule has 0 atom stereocenters. The molecule has 0 bridgehead atoms. The predicted molar refractivity (Wildman–Crippen MR) is 345 cm³/mol. The predicted octanol–water partition coefficient (Wildman–Crippen LogP) is 22.3. The number of methoxy groups -OCH3 is 2. The summed E-state index contributed by atoms with van der Waals surface area (Å²) in [5.74, 6) is 3.49. The number of aryl methyl sites for hydroxylation is 2. The molecule has 7 aromatic rings. The summed E-state index contributed by atoms with van der Waals surface area (Å²) >= 11 is 0. The van der Waals surface area contributed by atoms with E-state index in [1.807, 2.05) is 89.2 Å². The molecule has 0 saturated carbocycles. The summed E-state index contributed by atoms with van der Waals surface area (Å²) in [7, 11) is 3.36. The number of ether oxygens (including phenoxy) is 3. The molecule has 0 aliphatic rings. The van der Waals surface area contributed by atoms with Crippen molar-refractivity contribution < 1.29 is 45.3 Å². The van der Waals surface area contributed by atoms with Crippen LogP contribution >= 0.6 is 0 Å². The van der Waals surface area contributed by atoms with Gasteiger partial charge in [-0.15, -0.1) is 0 Å². The lowest BCUT2D eigenvalue weighted by Gasteiger charge is -2.15. The van der Waals surface area contributed by atoms with Gasteiger partial charge in [-0.1, -0.05) is 218 Å². The van der Waals surface area contributed by atoms with Gasteiger partial charge in [-0.3, -0.25) is 0 Å². The molecule has 0 fully saturated rings. The number of esters is 1. The molecule has 7 aromatic carbocycles. The summed E-state index contributed by atoms with van der Waals surface area (Å²) in [4.78, 5) is 11.5. The monoisotopic (exact) mass is 1180 g/mol. The van der Waals surface area contributed by atoms with E-state index < -0.39 is 23.4 Å². The van der Waals surface area contributed by atoms with Crippen LogP contribution in [0.3, 0.4) is 0 Å². The fourth-order valence-electron chi connectivity index (χ4n) is 8.42. The smallest absolute Gasteiger partial charge is 0.416 e. The Bertz CT molecular complexity index is 2850. The van der Waals surface area contributed by atoms with E-state index in [2.05, 4.69) is 131 Å². The van der Waals surface area contributed by atoms with Crippen LogP contribution in [0.25, 0.3) is 0 Å². The van der Waals surface area contributed by atoms with Crippen molar-refractivity contribution in [1.29, 1.82) is 0 Å². The van der Waals surface area contributed by atoms with Crippen LogP contribution in [-0.4, -0.2) is 26.8 Å². The first-order chi connectivity index (χ1) is 40.0. The van der Waals surface area contributed by atoms with Gasteiger partial charge in [0.2, 0.25) is 0 Å². The Morgan fingerprint density at radius 1 is 0.471 bits per heavy atom. The molecule has 4 nitrogen and oxygen atoms in total. The normalized spacial score (nSPS) is 10.7. The van der Waals surface area contributed by atoms with Crippen LogP contribution in [0.2, 0.25) is 0 Å².